The lowest BCUT2D eigenvalue weighted by atomic mass is 10.2. The number of phenols is 1. The molecule has 5 nitrogen and oxygen atoms in total. The van der Waals surface area contributed by atoms with Gasteiger partial charge in [0.1, 0.15) is 5.75 Å². The van der Waals surface area contributed by atoms with Gasteiger partial charge in [-0.05, 0) is 42.0 Å². The maximum atomic E-state index is 11.3. The fraction of sp³-hybridized carbons (Fsp3) is 0.100. The predicted octanol–water partition coefficient (Wildman–Crippen LogP) is 0.443. The Labute approximate surface area is 97.4 Å². The second-order valence-electron chi connectivity index (χ2n) is 3.20. The number of thiocarbonyl (C=S) groups is 1. The van der Waals surface area contributed by atoms with E-state index in [0.29, 0.717) is 5.11 Å². The van der Waals surface area contributed by atoms with E-state index >= 15 is 0 Å². The SMILES string of the molecule is O=C1CNC(=S)N1N=Cc1ccc(O)cc1. The van der Waals surface area contributed by atoms with Crippen molar-refractivity contribution < 1.29 is 9.90 Å². The summed E-state index contributed by atoms with van der Waals surface area (Å²) >= 11 is 4.89. The number of hydrazone groups is 1. The highest BCUT2D eigenvalue weighted by atomic mass is 32.1. The average molecular weight is 235 g/mol. The Morgan fingerprint density at radius 2 is 2.12 bits per heavy atom. The van der Waals surface area contributed by atoms with E-state index in [1.165, 1.54) is 6.21 Å². The zero-order chi connectivity index (χ0) is 11.5. The van der Waals surface area contributed by atoms with Crippen molar-refractivity contribution in [3.8, 4) is 5.75 Å². The highest BCUT2D eigenvalue weighted by Crippen LogP contribution is 2.08. The Bertz CT molecular complexity index is 440. The van der Waals surface area contributed by atoms with Crippen molar-refractivity contribution in [2.75, 3.05) is 6.54 Å². The quantitative estimate of drug-likeness (QED) is 0.577. The van der Waals surface area contributed by atoms with Crippen LogP contribution in [0.2, 0.25) is 0 Å². The summed E-state index contributed by atoms with van der Waals surface area (Å²) in [6.45, 7) is 0.186. The molecule has 0 unspecified atom stereocenters. The van der Waals surface area contributed by atoms with E-state index in [1.54, 1.807) is 24.3 Å². The van der Waals surface area contributed by atoms with Gasteiger partial charge in [0.25, 0.3) is 5.91 Å². The molecule has 6 heteroatoms. The molecule has 1 amide bonds. The summed E-state index contributed by atoms with van der Waals surface area (Å²) in [7, 11) is 0. The zero-order valence-electron chi connectivity index (χ0n) is 8.25. The fourth-order valence-electron chi connectivity index (χ4n) is 1.22. The maximum absolute atomic E-state index is 11.3. The minimum absolute atomic E-state index is 0.181. The molecular formula is C10H9N3O2S. The van der Waals surface area contributed by atoms with Gasteiger partial charge < -0.3 is 10.4 Å². The van der Waals surface area contributed by atoms with Crippen LogP contribution in [-0.4, -0.2) is 33.9 Å². The monoisotopic (exact) mass is 235 g/mol. The molecule has 0 aromatic heterocycles. The van der Waals surface area contributed by atoms with Gasteiger partial charge in [0.2, 0.25) is 0 Å². The van der Waals surface area contributed by atoms with Gasteiger partial charge in [0.05, 0.1) is 12.8 Å². The van der Waals surface area contributed by atoms with Gasteiger partial charge in [0, 0.05) is 0 Å². The molecule has 0 spiro atoms. The number of hydrogen-bond acceptors (Lipinski definition) is 4. The van der Waals surface area contributed by atoms with E-state index in [4.69, 9.17) is 17.3 Å². The van der Waals surface area contributed by atoms with Crippen molar-refractivity contribution in [1.82, 2.24) is 10.3 Å². The molecule has 1 aliphatic heterocycles. The van der Waals surface area contributed by atoms with Crippen LogP contribution in [0.5, 0.6) is 5.75 Å². The third-order valence-electron chi connectivity index (χ3n) is 2.03. The van der Waals surface area contributed by atoms with Gasteiger partial charge in [-0.1, -0.05) is 0 Å². The molecule has 0 bridgehead atoms. The predicted molar refractivity (Wildman–Crippen MR) is 63.1 cm³/mol. The molecule has 1 aromatic carbocycles. The van der Waals surface area contributed by atoms with Crippen molar-refractivity contribution >= 4 is 29.5 Å². The molecule has 0 atom stereocenters. The number of aromatic hydroxyl groups is 1. The minimum Gasteiger partial charge on any atom is -0.508 e. The Kier molecular flexibility index (Phi) is 2.82. The van der Waals surface area contributed by atoms with E-state index < -0.39 is 0 Å². The summed E-state index contributed by atoms with van der Waals surface area (Å²) in [6, 6.07) is 6.47. The smallest absolute Gasteiger partial charge is 0.268 e. The molecular weight excluding hydrogens is 226 g/mol. The second-order valence-corrected chi connectivity index (χ2v) is 3.59. The lowest BCUT2D eigenvalue weighted by Gasteiger charge is -2.05. The van der Waals surface area contributed by atoms with Gasteiger partial charge in [-0.2, -0.15) is 10.1 Å². The standard InChI is InChI=1S/C10H9N3O2S/c14-8-3-1-7(2-4-8)5-12-13-9(15)6-11-10(13)16/h1-5,14H,6H2,(H,11,16). The third-order valence-corrected chi connectivity index (χ3v) is 2.35. The molecule has 1 aromatic rings. The molecule has 1 aliphatic rings. The maximum Gasteiger partial charge on any atom is 0.268 e. The highest BCUT2D eigenvalue weighted by molar-refractivity contribution is 7.80. The number of phenolic OH excluding ortho intramolecular Hbond substituents is 1. The highest BCUT2D eigenvalue weighted by Gasteiger charge is 2.24. The van der Waals surface area contributed by atoms with Crippen LogP contribution >= 0.6 is 12.2 Å². The van der Waals surface area contributed by atoms with Gasteiger partial charge in [-0.3, -0.25) is 4.79 Å². The van der Waals surface area contributed by atoms with Gasteiger partial charge >= 0.3 is 0 Å². The molecule has 16 heavy (non-hydrogen) atoms. The molecule has 82 valence electrons. The fourth-order valence-corrected chi connectivity index (χ4v) is 1.44. The number of hydrogen-bond donors (Lipinski definition) is 2. The van der Waals surface area contributed by atoms with Crippen molar-refractivity contribution in [1.29, 1.82) is 0 Å². The average Bonchev–Trinajstić information content (AvgIpc) is 2.59. The van der Waals surface area contributed by atoms with Crippen LogP contribution in [0, 0.1) is 0 Å². The summed E-state index contributed by atoms with van der Waals surface area (Å²) < 4.78 is 0. The number of carbonyl (C=O) groups is 1. The molecule has 0 aliphatic carbocycles. The number of rotatable bonds is 2. The number of carbonyl (C=O) groups excluding carboxylic acids is 1. The van der Waals surface area contributed by atoms with Crippen LogP contribution in [0.15, 0.2) is 29.4 Å². The largest absolute Gasteiger partial charge is 0.508 e. The van der Waals surface area contributed by atoms with E-state index in [-0.39, 0.29) is 18.2 Å². The minimum atomic E-state index is -0.181. The molecule has 2 rings (SSSR count). The summed E-state index contributed by atoms with van der Waals surface area (Å²) in [5.41, 5.74) is 0.778. The normalized spacial score (nSPS) is 15.9. The number of nitrogens with one attached hydrogen (secondary N) is 1. The Hall–Kier alpha value is -1.95. The number of nitrogens with zero attached hydrogens (tertiary/aromatic N) is 2. The summed E-state index contributed by atoms with van der Waals surface area (Å²) in [5.74, 6) is 0.00612. The van der Waals surface area contributed by atoms with Crippen LogP contribution in [-0.2, 0) is 4.79 Å². The van der Waals surface area contributed by atoms with Crippen molar-refractivity contribution in [2.45, 2.75) is 0 Å². The van der Waals surface area contributed by atoms with Crippen LogP contribution in [0.25, 0.3) is 0 Å². The molecule has 1 heterocycles. The number of amides is 1. The van der Waals surface area contributed by atoms with Crippen molar-refractivity contribution in [3.63, 3.8) is 0 Å². The van der Waals surface area contributed by atoms with E-state index in [1.807, 2.05) is 0 Å². The van der Waals surface area contributed by atoms with Gasteiger partial charge in [-0.15, -0.1) is 0 Å². The first-order valence-corrected chi connectivity index (χ1v) is 5.01. The van der Waals surface area contributed by atoms with Crippen LogP contribution in [0.3, 0.4) is 0 Å². The molecule has 0 saturated carbocycles. The van der Waals surface area contributed by atoms with Crippen molar-refractivity contribution in [3.05, 3.63) is 29.8 Å². The van der Waals surface area contributed by atoms with Crippen LogP contribution < -0.4 is 5.32 Å². The Morgan fingerprint density at radius 1 is 1.44 bits per heavy atom. The first-order valence-electron chi connectivity index (χ1n) is 4.60. The van der Waals surface area contributed by atoms with Crippen LogP contribution in [0.4, 0.5) is 0 Å². The Morgan fingerprint density at radius 3 is 2.69 bits per heavy atom. The lowest BCUT2D eigenvalue weighted by molar-refractivity contribution is -0.124. The van der Waals surface area contributed by atoms with E-state index in [9.17, 15) is 4.79 Å². The van der Waals surface area contributed by atoms with Gasteiger partial charge in [0.15, 0.2) is 5.11 Å². The topological polar surface area (TPSA) is 64.9 Å². The summed E-state index contributed by atoms with van der Waals surface area (Å²) in [6.07, 6.45) is 1.51. The molecule has 1 saturated heterocycles. The molecule has 2 N–H and O–H groups in total. The first kappa shape index (κ1) is 10.6. The van der Waals surface area contributed by atoms with Crippen molar-refractivity contribution in [2.24, 2.45) is 5.10 Å². The lowest BCUT2D eigenvalue weighted by Crippen LogP contribution is -2.25. The van der Waals surface area contributed by atoms with E-state index in [0.717, 1.165) is 10.6 Å². The first-order chi connectivity index (χ1) is 7.66. The van der Waals surface area contributed by atoms with E-state index in [2.05, 4.69) is 10.4 Å². The second kappa shape index (κ2) is 4.28. The number of benzene rings is 1. The zero-order valence-corrected chi connectivity index (χ0v) is 9.07. The molecule has 1 fully saturated rings. The van der Waals surface area contributed by atoms with Gasteiger partial charge in [-0.25, -0.2) is 0 Å². The summed E-state index contributed by atoms with van der Waals surface area (Å²) in [5, 5.41) is 17.2. The molecule has 0 radical (unpaired) electrons. The van der Waals surface area contributed by atoms with Crippen LogP contribution in [0.1, 0.15) is 5.56 Å². The summed E-state index contributed by atoms with van der Waals surface area (Å²) in [4.78, 5) is 11.3. The third kappa shape index (κ3) is 2.17. The Balaban J connectivity index is 2.12.